The van der Waals surface area contributed by atoms with Crippen LogP contribution in [0.2, 0.25) is 0 Å². The van der Waals surface area contributed by atoms with Gasteiger partial charge >= 0.3 is 0 Å². The molecule has 0 aliphatic heterocycles. The van der Waals surface area contributed by atoms with Crippen LogP contribution in [0, 0.1) is 0 Å². The molecule has 0 aliphatic rings. The van der Waals surface area contributed by atoms with Crippen molar-refractivity contribution in [1.82, 2.24) is 19.9 Å². The number of imidazole rings is 1. The Labute approximate surface area is 114 Å². The van der Waals surface area contributed by atoms with Crippen molar-refractivity contribution in [2.45, 2.75) is 6.42 Å². The fourth-order valence-electron chi connectivity index (χ4n) is 1.86. The molecule has 3 rings (SSSR count). The number of nitrogens with one attached hydrogen (secondary N) is 2. The van der Waals surface area contributed by atoms with E-state index in [2.05, 4.69) is 25.3 Å². The molecule has 0 spiro atoms. The maximum atomic E-state index is 9.40. The Kier molecular flexibility index (Phi) is 3.08. The third-order valence-electron chi connectivity index (χ3n) is 2.91. The van der Waals surface area contributed by atoms with Gasteiger partial charge in [0.1, 0.15) is 5.52 Å². The highest BCUT2D eigenvalue weighted by Crippen LogP contribution is 2.24. The molecule has 7 heteroatoms. The second-order valence-electron chi connectivity index (χ2n) is 4.33. The largest absolute Gasteiger partial charge is 0.504 e. The maximum Gasteiger partial charge on any atom is 0.224 e. The molecule has 7 nitrogen and oxygen atoms in total. The zero-order valence-corrected chi connectivity index (χ0v) is 10.5. The molecule has 0 unspecified atom stereocenters. The number of aromatic nitrogens is 4. The number of hydrogen-bond acceptors (Lipinski definition) is 6. The molecule has 0 saturated heterocycles. The Morgan fingerprint density at radius 3 is 2.90 bits per heavy atom. The molecule has 102 valence electrons. The Hall–Kier alpha value is -2.83. The van der Waals surface area contributed by atoms with Crippen LogP contribution in [0.5, 0.6) is 11.5 Å². The lowest BCUT2D eigenvalue weighted by Gasteiger charge is -2.05. The van der Waals surface area contributed by atoms with E-state index in [0.29, 0.717) is 24.6 Å². The SMILES string of the molecule is Oc1ccc(CCNc2ncc3[nH]cnc3n2)cc1O. The van der Waals surface area contributed by atoms with E-state index >= 15 is 0 Å². The molecule has 2 aromatic heterocycles. The molecule has 0 atom stereocenters. The van der Waals surface area contributed by atoms with E-state index in [9.17, 15) is 10.2 Å². The summed E-state index contributed by atoms with van der Waals surface area (Å²) in [6.45, 7) is 0.611. The first-order valence-corrected chi connectivity index (χ1v) is 6.13. The molecule has 4 N–H and O–H groups in total. The van der Waals surface area contributed by atoms with Crippen molar-refractivity contribution in [3.63, 3.8) is 0 Å². The molecule has 20 heavy (non-hydrogen) atoms. The summed E-state index contributed by atoms with van der Waals surface area (Å²) in [4.78, 5) is 15.4. The standard InChI is InChI=1S/C13H13N5O2/c19-10-2-1-8(5-11(10)20)3-4-14-13-15-6-9-12(18-13)17-7-16-9/h1-2,5-7,19-20H,3-4H2,(H2,14,15,16,17,18). The summed E-state index contributed by atoms with van der Waals surface area (Å²) in [7, 11) is 0. The Morgan fingerprint density at radius 2 is 2.05 bits per heavy atom. The highest BCUT2D eigenvalue weighted by atomic mass is 16.3. The smallest absolute Gasteiger partial charge is 0.224 e. The number of H-pyrrole nitrogens is 1. The van der Waals surface area contributed by atoms with Crippen LogP contribution in [0.1, 0.15) is 5.56 Å². The molecule has 0 amide bonds. The van der Waals surface area contributed by atoms with Crippen LogP contribution >= 0.6 is 0 Å². The zero-order chi connectivity index (χ0) is 13.9. The fourth-order valence-corrected chi connectivity index (χ4v) is 1.86. The van der Waals surface area contributed by atoms with Crippen LogP contribution in [0.15, 0.2) is 30.7 Å². The van der Waals surface area contributed by atoms with Gasteiger partial charge in [0.2, 0.25) is 5.95 Å². The second kappa shape index (κ2) is 5.04. The van der Waals surface area contributed by atoms with Crippen LogP contribution in [0.25, 0.3) is 11.2 Å². The van der Waals surface area contributed by atoms with Gasteiger partial charge in [-0.05, 0) is 24.1 Å². The number of fused-ring (bicyclic) bond motifs is 1. The summed E-state index contributed by atoms with van der Waals surface area (Å²) < 4.78 is 0. The van der Waals surface area contributed by atoms with Gasteiger partial charge in [0.15, 0.2) is 17.1 Å². The van der Waals surface area contributed by atoms with Gasteiger partial charge in [0.05, 0.1) is 12.5 Å². The summed E-state index contributed by atoms with van der Waals surface area (Å²) in [6, 6.07) is 4.76. The molecule has 0 radical (unpaired) electrons. The first-order chi connectivity index (χ1) is 9.72. The topological polar surface area (TPSA) is 107 Å². The number of anilines is 1. The number of nitrogens with zero attached hydrogens (tertiary/aromatic N) is 3. The van der Waals surface area contributed by atoms with Crippen LogP contribution in [-0.4, -0.2) is 36.7 Å². The Bertz CT molecular complexity index is 740. The van der Waals surface area contributed by atoms with E-state index in [1.807, 2.05) is 0 Å². The van der Waals surface area contributed by atoms with Gasteiger partial charge < -0.3 is 20.5 Å². The molecule has 0 bridgehead atoms. The first kappa shape index (κ1) is 12.2. The quantitative estimate of drug-likeness (QED) is 0.535. The van der Waals surface area contributed by atoms with Gasteiger partial charge in [-0.2, -0.15) is 4.98 Å². The summed E-state index contributed by atoms with van der Waals surface area (Å²) in [5.41, 5.74) is 2.32. The molecular weight excluding hydrogens is 258 g/mol. The minimum absolute atomic E-state index is 0.114. The predicted molar refractivity (Wildman–Crippen MR) is 73.6 cm³/mol. The van der Waals surface area contributed by atoms with Gasteiger partial charge in [0, 0.05) is 6.54 Å². The average Bonchev–Trinajstić information content (AvgIpc) is 2.90. The van der Waals surface area contributed by atoms with Crippen LogP contribution in [0.3, 0.4) is 0 Å². The Morgan fingerprint density at radius 1 is 1.15 bits per heavy atom. The molecule has 2 heterocycles. The number of phenolic OH excluding ortho intramolecular Hbond substituents is 2. The molecule has 1 aromatic carbocycles. The maximum absolute atomic E-state index is 9.40. The van der Waals surface area contributed by atoms with Gasteiger partial charge in [-0.15, -0.1) is 0 Å². The third-order valence-corrected chi connectivity index (χ3v) is 2.91. The van der Waals surface area contributed by atoms with Crippen LogP contribution in [-0.2, 0) is 6.42 Å². The van der Waals surface area contributed by atoms with Gasteiger partial charge in [-0.25, -0.2) is 9.97 Å². The van der Waals surface area contributed by atoms with Crippen molar-refractivity contribution in [3.05, 3.63) is 36.3 Å². The Balaban J connectivity index is 1.62. The number of rotatable bonds is 4. The van der Waals surface area contributed by atoms with Gasteiger partial charge in [-0.1, -0.05) is 6.07 Å². The number of aromatic hydroxyl groups is 2. The van der Waals surface area contributed by atoms with Crippen molar-refractivity contribution in [1.29, 1.82) is 0 Å². The summed E-state index contributed by atoms with van der Waals surface area (Å²) >= 11 is 0. The summed E-state index contributed by atoms with van der Waals surface area (Å²) in [5.74, 6) is 0.276. The summed E-state index contributed by atoms with van der Waals surface area (Å²) in [6.07, 6.45) is 3.92. The minimum atomic E-state index is -0.117. The van der Waals surface area contributed by atoms with E-state index in [4.69, 9.17) is 0 Å². The molecule has 0 fully saturated rings. The molecule has 0 saturated carbocycles. The van der Waals surface area contributed by atoms with E-state index in [1.165, 1.54) is 12.1 Å². The van der Waals surface area contributed by atoms with Gasteiger partial charge in [0.25, 0.3) is 0 Å². The highest BCUT2D eigenvalue weighted by molar-refractivity contribution is 5.69. The second-order valence-corrected chi connectivity index (χ2v) is 4.33. The number of hydrogen-bond donors (Lipinski definition) is 4. The zero-order valence-electron chi connectivity index (χ0n) is 10.5. The van der Waals surface area contributed by atoms with Crippen molar-refractivity contribution in [3.8, 4) is 11.5 Å². The normalized spacial score (nSPS) is 10.8. The van der Waals surface area contributed by atoms with Crippen molar-refractivity contribution < 1.29 is 10.2 Å². The number of phenols is 2. The van der Waals surface area contributed by atoms with E-state index < -0.39 is 0 Å². The monoisotopic (exact) mass is 271 g/mol. The van der Waals surface area contributed by atoms with E-state index in [-0.39, 0.29) is 11.5 Å². The van der Waals surface area contributed by atoms with E-state index in [1.54, 1.807) is 18.6 Å². The fraction of sp³-hybridized carbons (Fsp3) is 0.154. The lowest BCUT2D eigenvalue weighted by atomic mass is 10.1. The van der Waals surface area contributed by atoms with Crippen molar-refractivity contribution in [2.24, 2.45) is 0 Å². The minimum Gasteiger partial charge on any atom is -0.504 e. The van der Waals surface area contributed by atoms with Crippen molar-refractivity contribution in [2.75, 3.05) is 11.9 Å². The first-order valence-electron chi connectivity index (χ1n) is 6.13. The lowest BCUT2D eigenvalue weighted by molar-refractivity contribution is 0.403. The number of benzene rings is 1. The molecule has 0 aliphatic carbocycles. The van der Waals surface area contributed by atoms with Crippen LogP contribution in [0.4, 0.5) is 5.95 Å². The molecule has 3 aromatic rings. The molecular formula is C13H13N5O2. The average molecular weight is 271 g/mol. The lowest BCUT2D eigenvalue weighted by Crippen LogP contribution is -2.07. The van der Waals surface area contributed by atoms with Crippen LogP contribution < -0.4 is 5.32 Å². The third kappa shape index (κ3) is 2.46. The van der Waals surface area contributed by atoms with Gasteiger partial charge in [-0.3, -0.25) is 0 Å². The predicted octanol–water partition coefficient (Wildman–Crippen LogP) is 1.42. The highest BCUT2D eigenvalue weighted by Gasteiger charge is 2.03. The van der Waals surface area contributed by atoms with E-state index in [0.717, 1.165) is 11.1 Å². The summed E-state index contributed by atoms with van der Waals surface area (Å²) in [5, 5.41) is 21.7. The van der Waals surface area contributed by atoms with Crippen molar-refractivity contribution >= 4 is 17.1 Å². The number of aromatic amines is 1.